The molecule has 0 unspecified atom stereocenters. The molecule has 1 amide bonds. The number of rotatable bonds is 3. The lowest BCUT2D eigenvalue weighted by Crippen LogP contribution is -2.12. The van der Waals surface area contributed by atoms with Crippen molar-refractivity contribution < 1.29 is 4.79 Å². The van der Waals surface area contributed by atoms with E-state index < -0.39 is 0 Å². The van der Waals surface area contributed by atoms with Crippen LogP contribution in [0.15, 0.2) is 70.5 Å². The predicted molar refractivity (Wildman–Crippen MR) is 91.9 cm³/mol. The highest BCUT2D eigenvalue weighted by molar-refractivity contribution is 9.10. The Balaban J connectivity index is 1.88. The zero-order chi connectivity index (χ0) is 14.7. The van der Waals surface area contributed by atoms with Gasteiger partial charge in [0, 0.05) is 26.2 Å². The number of para-hydroxylation sites is 1. The Kier molecular flexibility index (Phi) is 4.18. The fourth-order valence-corrected chi connectivity index (χ4v) is 3.06. The molecule has 2 nitrogen and oxygen atoms in total. The van der Waals surface area contributed by atoms with E-state index in [2.05, 4.69) is 27.3 Å². The van der Waals surface area contributed by atoms with Crippen molar-refractivity contribution in [2.45, 2.75) is 0 Å². The molecule has 0 aliphatic carbocycles. The Morgan fingerprint density at radius 3 is 2.43 bits per heavy atom. The van der Waals surface area contributed by atoms with Crippen LogP contribution in [-0.4, -0.2) is 5.91 Å². The zero-order valence-corrected chi connectivity index (χ0v) is 13.4. The van der Waals surface area contributed by atoms with E-state index in [0.717, 1.165) is 20.6 Å². The summed E-state index contributed by atoms with van der Waals surface area (Å²) in [5.41, 5.74) is 2.50. The lowest BCUT2D eigenvalue weighted by molar-refractivity contribution is 0.102. The molecule has 1 N–H and O–H groups in total. The fourth-order valence-electron chi connectivity index (χ4n) is 2.03. The molecule has 1 heterocycles. The molecule has 104 valence electrons. The first-order chi connectivity index (χ1) is 10.2. The number of carbonyl (C=O) groups is 1. The van der Waals surface area contributed by atoms with Crippen molar-refractivity contribution in [3.63, 3.8) is 0 Å². The molecular formula is C17H12BrNOS. The van der Waals surface area contributed by atoms with Crippen LogP contribution in [0.3, 0.4) is 0 Å². The number of halogens is 1. The summed E-state index contributed by atoms with van der Waals surface area (Å²) in [5.74, 6) is -0.105. The van der Waals surface area contributed by atoms with E-state index in [4.69, 9.17) is 0 Å². The molecule has 0 fully saturated rings. The van der Waals surface area contributed by atoms with E-state index in [1.165, 1.54) is 0 Å². The van der Waals surface area contributed by atoms with E-state index in [9.17, 15) is 4.79 Å². The Bertz CT molecular complexity index is 751. The minimum Gasteiger partial charge on any atom is -0.321 e. The van der Waals surface area contributed by atoms with E-state index >= 15 is 0 Å². The highest BCUT2D eigenvalue weighted by atomic mass is 79.9. The molecule has 0 aliphatic heterocycles. The van der Waals surface area contributed by atoms with E-state index in [-0.39, 0.29) is 5.91 Å². The SMILES string of the molecule is O=C(Nc1ccccc1-c1cccs1)c1ccc(Br)cc1. The van der Waals surface area contributed by atoms with Crippen molar-refractivity contribution in [3.8, 4) is 10.4 Å². The van der Waals surface area contributed by atoms with Gasteiger partial charge in [-0.15, -0.1) is 11.3 Å². The average molecular weight is 358 g/mol. The minimum absolute atomic E-state index is 0.105. The van der Waals surface area contributed by atoms with Gasteiger partial charge in [-0.2, -0.15) is 0 Å². The fraction of sp³-hybridized carbons (Fsp3) is 0. The van der Waals surface area contributed by atoms with Crippen molar-refractivity contribution in [1.29, 1.82) is 0 Å². The van der Waals surface area contributed by atoms with Crippen molar-refractivity contribution in [2.75, 3.05) is 5.32 Å². The van der Waals surface area contributed by atoms with E-state index in [1.54, 1.807) is 23.5 Å². The molecular weight excluding hydrogens is 346 g/mol. The molecule has 0 bridgehead atoms. The van der Waals surface area contributed by atoms with Crippen molar-refractivity contribution >= 4 is 38.9 Å². The molecule has 2 aromatic carbocycles. The average Bonchev–Trinajstić information content (AvgIpc) is 3.02. The van der Waals surface area contributed by atoms with Crippen LogP contribution < -0.4 is 5.32 Å². The van der Waals surface area contributed by atoms with Crippen molar-refractivity contribution in [2.24, 2.45) is 0 Å². The number of thiophene rings is 1. The first kappa shape index (κ1) is 14.0. The number of anilines is 1. The maximum Gasteiger partial charge on any atom is 0.255 e. The Morgan fingerprint density at radius 2 is 1.71 bits per heavy atom. The number of amides is 1. The van der Waals surface area contributed by atoms with Crippen LogP contribution in [0.4, 0.5) is 5.69 Å². The maximum atomic E-state index is 12.3. The third-order valence-corrected chi connectivity index (χ3v) is 4.50. The standard InChI is InChI=1S/C17H12BrNOS/c18-13-9-7-12(8-10-13)17(20)19-15-5-2-1-4-14(15)16-6-3-11-21-16/h1-11H,(H,19,20). The number of benzene rings is 2. The monoisotopic (exact) mass is 357 g/mol. The van der Waals surface area contributed by atoms with Gasteiger partial charge >= 0.3 is 0 Å². The Labute approximate surface area is 135 Å². The normalized spacial score (nSPS) is 10.3. The molecule has 3 aromatic rings. The van der Waals surface area contributed by atoms with Crippen molar-refractivity contribution in [1.82, 2.24) is 0 Å². The smallest absolute Gasteiger partial charge is 0.255 e. The van der Waals surface area contributed by atoms with Crippen LogP contribution in [0.25, 0.3) is 10.4 Å². The Morgan fingerprint density at radius 1 is 0.952 bits per heavy atom. The van der Waals surface area contributed by atoms with Gasteiger partial charge in [0.05, 0.1) is 0 Å². The molecule has 0 spiro atoms. The molecule has 21 heavy (non-hydrogen) atoms. The third kappa shape index (κ3) is 3.23. The highest BCUT2D eigenvalue weighted by Gasteiger charge is 2.10. The molecule has 0 saturated heterocycles. The van der Waals surface area contributed by atoms with Gasteiger partial charge in [0.25, 0.3) is 5.91 Å². The molecule has 0 radical (unpaired) electrons. The number of carbonyl (C=O) groups excluding carboxylic acids is 1. The van der Waals surface area contributed by atoms with E-state index in [0.29, 0.717) is 5.56 Å². The van der Waals surface area contributed by atoms with Crippen LogP contribution in [0.5, 0.6) is 0 Å². The lowest BCUT2D eigenvalue weighted by Gasteiger charge is -2.10. The van der Waals surface area contributed by atoms with Crippen LogP contribution in [0, 0.1) is 0 Å². The van der Waals surface area contributed by atoms with E-state index in [1.807, 2.05) is 47.8 Å². The second-order valence-corrected chi connectivity index (χ2v) is 6.35. The Hall–Kier alpha value is -1.91. The zero-order valence-electron chi connectivity index (χ0n) is 11.0. The summed E-state index contributed by atoms with van der Waals surface area (Å²) in [5, 5.41) is 5.02. The van der Waals surface area contributed by atoms with Gasteiger partial charge in [-0.25, -0.2) is 0 Å². The number of hydrogen-bond acceptors (Lipinski definition) is 2. The van der Waals surface area contributed by atoms with Crippen LogP contribution in [0.2, 0.25) is 0 Å². The van der Waals surface area contributed by atoms with Crippen LogP contribution >= 0.6 is 27.3 Å². The maximum absolute atomic E-state index is 12.3. The topological polar surface area (TPSA) is 29.1 Å². The first-order valence-corrected chi connectivity index (χ1v) is 8.11. The van der Waals surface area contributed by atoms with Gasteiger partial charge in [0.15, 0.2) is 0 Å². The van der Waals surface area contributed by atoms with Gasteiger partial charge in [-0.3, -0.25) is 4.79 Å². The van der Waals surface area contributed by atoms with Gasteiger partial charge in [0.2, 0.25) is 0 Å². The largest absolute Gasteiger partial charge is 0.321 e. The molecule has 1 aromatic heterocycles. The summed E-state index contributed by atoms with van der Waals surface area (Å²) in [6.07, 6.45) is 0. The summed E-state index contributed by atoms with van der Waals surface area (Å²) < 4.78 is 0.957. The number of hydrogen-bond donors (Lipinski definition) is 1. The minimum atomic E-state index is -0.105. The lowest BCUT2D eigenvalue weighted by atomic mass is 10.1. The molecule has 0 atom stereocenters. The molecule has 4 heteroatoms. The summed E-state index contributed by atoms with van der Waals surface area (Å²) in [6, 6.07) is 19.2. The summed E-state index contributed by atoms with van der Waals surface area (Å²) >= 11 is 5.03. The van der Waals surface area contributed by atoms with Gasteiger partial charge in [-0.05, 0) is 41.8 Å². The summed E-state index contributed by atoms with van der Waals surface area (Å²) in [4.78, 5) is 13.5. The first-order valence-electron chi connectivity index (χ1n) is 6.44. The second kappa shape index (κ2) is 6.24. The van der Waals surface area contributed by atoms with Crippen LogP contribution in [-0.2, 0) is 0 Å². The summed E-state index contributed by atoms with van der Waals surface area (Å²) in [7, 11) is 0. The van der Waals surface area contributed by atoms with Crippen molar-refractivity contribution in [3.05, 3.63) is 76.1 Å². The number of nitrogens with one attached hydrogen (secondary N) is 1. The van der Waals surface area contributed by atoms with Gasteiger partial charge in [0.1, 0.15) is 0 Å². The van der Waals surface area contributed by atoms with Crippen LogP contribution in [0.1, 0.15) is 10.4 Å². The third-order valence-electron chi connectivity index (χ3n) is 3.07. The second-order valence-electron chi connectivity index (χ2n) is 4.48. The quantitative estimate of drug-likeness (QED) is 0.665. The van der Waals surface area contributed by atoms with Gasteiger partial charge < -0.3 is 5.32 Å². The molecule has 0 aliphatic rings. The molecule has 3 rings (SSSR count). The predicted octanol–water partition coefficient (Wildman–Crippen LogP) is 5.43. The summed E-state index contributed by atoms with van der Waals surface area (Å²) in [6.45, 7) is 0. The highest BCUT2D eigenvalue weighted by Crippen LogP contribution is 2.31. The van der Waals surface area contributed by atoms with Gasteiger partial charge in [-0.1, -0.05) is 40.2 Å². The molecule has 0 saturated carbocycles.